The van der Waals surface area contributed by atoms with Crippen LogP contribution in [0.5, 0.6) is 0 Å². The summed E-state index contributed by atoms with van der Waals surface area (Å²) in [6.07, 6.45) is 5.27. The fourth-order valence-corrected chi connectivity index (χ4v) is 6.87. The Morgan fingerprint density at radius 2 is 1.65 bits per heavy atom. The summed E-state index contributed by atoms with van der Waals surface area (Å²) in [7, 11) is -4.32. The molecule has 10 nitrogen and oxygen atoms in total. The van der Waals surface area contributed by atoms with Crippen LogP contribution in [-0.2, 0) is 26.2 Å². The van der Waals surface area contributed by atoms with Gasteiger partial charge in [0.25, 0.3) is 15.7 Å². The van der Waals surface area contributed by atoms with Gasteiger partial charge >= 0.3 is 0 Å². The van der Waals surface area contributed by atoms with Gasteiger partial charge in [0.05, 0.1) is 15.5 Å². The maximum atomic E-state index is 14.2. The first kappa shape index (κ1) is 31.7. The number of nitrogens with zero attached hydrogens (tertiary/aromatic N) is 3. The van der Waals surface area contributed by atoms with Gasteiger partial charge in [0.15, 0.2) is 0 Å². The summed E-state index contributed by atoms with van der Waals surface area (Å²) in [5, 5.41) is 14.7. The lowest BCUT2D eigenvalue weighted by atomic mass is 9.95. The Bertz CT molecular complexity index is 1540. The number of nitro groups is 1. The zero-order valence-corrected chi connectivity index (χ0v) is 25.3. The van der Waals surface area contributed by atoms with E-state index in [9.17, 15) is 28.1 Å². The van der Waals surface area contributed by atoms with Gasteiger partial charge in [-0.15, -0.1) is 0 Å². The minimum absolute atomic E-state index is 0.0260. The predicted molar refractivity (Wildman–Crippen MR) is 165 cm³/mol. The molecule has 43 heavy (non-hydrogen) atoms. The van der Waals surface area contributed by atoms with Crippen molar-refractivity contribution in [1.82, 2.24) is 10.2 Å². The molecule has 0 bridgehead atoms. The molecule has 1 N–H and O–H groups in total. The van der Waals surface area contributed by atoms with Crippen molar-refractivity contribution in [2.45, 2.75) is 75.9 Å². The standard InChI is InChI=1S/C32H38N4O6S/c1-3-30(32(38)33-26-15-6-4-7-16-26)34(22-25-14-11-10-13-24(25)2)31(37)23-35(27-17-12-18-28(21-27)36(39)40)43(41,42)29-19-8-5-9-20-29/h5,8-14,17-21,26,30H,3-4,6-7,15-16,22-23H2,1-2H3,(H,33,38)/t30-/m0/s1. The minimum Gasteiger partial charge on any atom is -0.352 e. The van der Waals surface area contributed by atoms with E-state index >= 15 is 0 Å². The van der Waals surface area contributed by atoms with Crippen LogP contribution in [0.2, 0.25) is 0 Å². The number of nitrogens with one attached hydrogen (secondary N) is 1. The van der Waals surface area contributed by atoms with Gasteiger partial charge in [0.1, 0.15) is 12.6 Å². The molecule has 1 aliphatic rings. The molecule has 4 rings (SSSR count). The van der Waals surface area contributed by atoms with Gasteiger partial charge in [-0.25, -0.2) is 8.42 Å². The number of benzene rings is 3. The number of hydrogen-bond donors (Lipinski definition) is 1. The summed E-state index contributed by atoms with van der Waals surface area (Å²) < 4.78 is 28.7. The van der Waals surface area contributed by atoms with Crippen LogP contribution in [0.3, 0.4) is 0 Å². The van der Waals surface area contributed by atoms with Crippen molar-refractivity contribution in [3.63, 3.8) is 0 Å². The molecule has 1 aliphatic carbocycles. The maximum absolute atomic E-state index is 14.2. The highest BCUT2D eigenvalue weighted by atomic mass is 32.2. The van der Waals surface area contributed by atoms with Crippen molar-refractivity contribution in [3.05, 3.63) is 100 Å². The molecule has 0 unspecified atom stereocenters. The highest BCUT2D eigenvalue weighted by molar-refractivity contribution is 7.92. The van der Waals surface area contributed by atoms with Crippen molar-refractivity contribution >= 4 is 33.2 Å². The molecule has 2 amide bonds. The fraction of sp³-hybridized carbons (Fsp3) is 0.375. The number of hydrogen-bond acceptors (Lipinski definition) is 6. The van der Waals surface area contributed by atoms with Gasteiger partial charge in [-0.05, 0) is 55.5 Å². The van der Waals surface area contributed by atoms with Crippen molar-refractivity contribution in [2.75, 3.05) is 10.8 Å². The first-order chi connectivity index (χ1) is 20.6. The minimum atomic E-state index is -4.32. The molecule has 1 fully saturated rings. The van der Waals surface area contributed by atoms with E-state index in [1.807, 2.05) is 38.1 Å². The van der Waals surface area contributed by atoms with E-state index in [1.165, 1.54) is 35.2 Å². The van der Waals surface area contributed by atoms with E-state index in [4.69, 9.17) is 0 Å². The van der Waals surface area contributed by atoms with Gasteiger partial charge in [0, 0.05) is 24.7 Å². The number of sulfonamides is 1. The third-order valence-electron chi connectivity index (χ3n) is 7.88. The largest absolute Gasteiger partial charge is 0.352 e. The van der Waals surface area contributed by atoms with Crippen molar-refractivity contribution in [3.8, 4) is 0 Å². The predicted octanol–water partition coefficient (Wildman–Crippen LogP) is 5.35. The topological polar surface area (TPSA) is 130 Å². The van der Waals surface area contributed by atoms with Crippen LogP contribution in [0.15, 0.2) is 83.8 Å². The molecule has 3 aromatic carbocycles. The Labute approximate surface area is 252 Å². The first-order valence-electron chi connectivity index (χ1n) is 14.6. The summed E-state index contributed by atoms with van der Waals surface area (Å²) in [4.78, 5) is 40.2. The normalized spacial score (nSPS) is 14.5. The van der Waals surface area contributed by atoms with Gasteiger partial charge in [-0.2, -0.15) is 0 Å². The fourth-order valence-electron chi connectivity index (χ4n) is 5.44. The van der Waals surface area contributed by atoms with Gasteiger partial charge < -0.3 is 10.2 Å². The summed E-state index contributed by atoms with van der Waals surface area (Å²) in [6, 6.07) is 19.5. The molecule has 3 aromatic rings. The molecule has 0 aliphatic heterocycles. The second kappa shape index (κ2) is 14.3. The zero-order valence-electron chi connectivity index (χ0n) is 24.5. The SMILES string of the molecule is CC[C@@H](C(=O)NC1CCCCC1)N(Cc1ccccc1C)C(=O)CN(c1cccc([N+](=O)[O-])c1)S(=O)(=O)c1ccccc1. The van der Waals surface area contributed by atoms with Gasteiger partial charge in [-0.1, -0.05) is 74.7 Å². The van der Waals surface area contributed by atoms with Crippen molar-refractivity contribution in [2.24, 2.45) is 0 Å². The Morgan fingerprint density at radius 3 is 2.30 bits per heavy atom. The smallest absolute Gasteiger partial charge is 0.271 e. The molecule has 0 spiro atoms. The summed E-state index contributed by atoms with van der Waals surface area (Å²) in [5.41, 5.74) is 1.41. The zero-order chi connectivity index (χ0) is 31.0. The lowest BCUT2D eigenvalue weighted by Crippen LogP contribution is -2.54. The molecule has 11 heteroatoms. The van der Waals surface area contributed by atoms with E-state index in [0.29, 0.717) is 6.42 Å². The number of nitro benzene ring substituents is 1. The molecule has 0 radical (unpaired) electrons. The molecule has 1 atom stereocenters. The molecule has 0 saturated heterocycles. The van der Waals surface area contributed by atoms with Gasteiger partial charge in [0.2, 0.25) is 11.8 Å². The quantitative estimate of drug-likeness (QED) is 0.218. The number of amides is 2. The number of aryl methyl sites for hydroxylation is 1. The van der Waals surface area contributed by atoms with Crippen LogP contribution in [-0.4, -0.2) is 48.7 Å². The second-order valence-corrected chi connectivity index (χ2v) is 12.7. The molecule has 228 valence electrons. The van der Waals surface area contributed by atoms with Crippen LogP contribution < -0.4 is 9.62 Å². The second-order valence-electron chi connectivity index (χ2n) is 10.8. The van der Waals surface area contributed by atoms with E-state index in [2.05, 4.69) is 5.32 Å². The monoisotopic (exact) mass is 606 g/mol. The van der Waals surface area contributed by atoms with Crippen LogP contribution in [0.1, 0.15) is 56.6 Å². The van der Waals surface area contributed by atoms with Crippen LogP contribution in [0, 0.1) is 17.0 Å². The number of carbonyl (C=O) groups excluding carboxylic acids is 2. The number of non-ortho nitro benzene ring substituents is 1. The van der Waals surface area contributed by atoms with Crippen molar-refractivity contribution in [1.29, 1.82) is 0 Å². The summed E-state index contributed by atoms with van der Waals surface area (Å²) in [5.74, 6) is -0.871. The lowest BCUT2D eigenvalue weighted by molar-refractivity contribution is -0.384. The summed E-state index contributed by atoms with van der Waals surface area (Å²) in [6.45, 7) is 3.17. The Hall–Kier alpha value is -4.25. The van der Waals surface area contributed by atoms with Crippen LogP contribution in [0.4, 0.5) is 11.4 Å². The lowest BCUT2D eigenvalue weighted by Gasteiger charge is -2.34. The van der Waals surface area contributed by atoms with Gasteiger partial charge in [-0.3, -0.25) is 24.0 Å². The van der Waals surface area contributed by atoms with E-state index in [1.54, 1.807) is 18.2 Å². The van der Waals surface area contributed by atoms with Crippen LogP contribution >= 0.6 is 0 Å². The molecule has 1 saturated carbocycles. The van der Waals surface area contributed by atoms with E-state index in [0.717, 1.165) is 53.6 Å². The van der Waals surface area contributed by atoms with E-state index < -0.39 is 33.4 Å². The molecular weight excluding hydrogens is 568 g/mol. The third kappa shape index (κ3) is 7.78. The molecule has 0 heterocycles. The highest BCUT2D eigenvalue weighted by Crippen LogP contribution is 2.28. The number of carbonyl (C=O) groups is 2. The van der Waals surface area contributed by atoms with Crippen molar-refractivity contribution < 1.29 is 22.9 Å². The first-order valence-corrected chi connectivity index (χ1v) is 16.0. The van der Waals surface area contributed by atoms with Crippen LogP contribution in [0.25, 0.3) is 0 Å². The molecular formula is C32H38N4O6S. The number of anilines is 1. The average molecular weight is 607 g/mol. The Balaban J connectivity index is 1.74. The average Bonchev–Trinajstić information content (AvgIpc) is 3.01. The third-order valence-corrected chi connectivity index (χ3v) is 9.67. The maximum Gasteiger partial charge on any atom is 0.271 e. The Kier molecular flexibility index (Phi) is 10.5. The summed E-state index contributed by atoms with van der Waals surface area (Å²) >= 11 is 0. The molecule has 0 aromatic heterocycles. The van der Waals surface area contributed by atoms with E-state index in [-0.39, 0.29) is 34.8 Å². The number of rotatable bonds is 12. The highest BCUT2D eigenvalue weighted by Gasteiger charge is 2.35. The Morgan fingerprint density at radius 1 is 0.977 bits per heavy atom.